The van der Waals surface area contributed by atoms with Gasteiger partial charge >= 0.3 is 0 Å². The summed E-state index contributed by atoms with van der Waals surface area (Å²) in [5.41, 5.74) is 17.7. The van der Waals surface area contributed by atoms with Gasteiger partial charge in [-0.25, -0.2) is 4.99 Å². The first-order valence-corrected chi connectivity index (χ1v) is 18.7. The lowest BCUT2D eigenvalue weighted by Crippen LogP contribution is -2.32. The molecule has 2 aromatic heterocycles. The molecule has 3 aliphatic carbocycles. The molecule has 3 nitrogen and oxygen atoms in total. The fraction of sp³-hybridized carbons (Fsp3) is 0.128. The van der Waals surface area contributed by atoms with Crippen molar-refractivity contribution in [1.82, 2.24) is 4.57 Å². The second-order valence-corrected chi connectivity index (χ2v) is 14.7. The van der Waals surface area contributed by atoms with Crippen molar-refractivity contribution in [3.8, 4) is 11.1 Å². The number of para-hydroxylation sites is 1. The normalized spacial score (nSPS) is 17.3. The Labute approximate surface area is 302 Å². The summed E-state index contributed by atoms with van der Waals surface area (Å²) in [6.45, 7) is 4.46. The Morgan fingerprint density at radius 2 is 1.59 bits per heavy atom. The second kappa shape index (κ2) is 13.2. The topological polar surface area (TPSA) is 43.3 Å². The van der Waals surface area contributed by atoms with Crippen LogP contribution in [0.15, 0.2) is 150 Å². The number of fused-ring (bicyclic) bond motifs is 6. The number of aliphatic imine (C=N–C) groups is 1. The molecular formula is C47H39N3S. The monoisotopic (exact) mass is 677 g/mol. The molecule has 1 atom stereocenters. The molecular weight excluding hydrogens is 639 g/mol. The van der Waals surface area contributed by atoms with E-state index in [1.165, 1.54) is 64.3 Å². The smallest absolute Gasteiger partial charge is 0.130 e. The van der Waals surface area contributed by atoms with Gasteiger partial charge in [0.25, 0.3) is 0 Å². The average molecular weight is 678 g/mol. The van der Waals surface area contributed by atoms with Gasteiger partial charge in [0.05, 0.1) is 10.9 Å². The quantitative estimate of drug-likeness (QED) is 0.168. The van der Waals surface area contributed by atoms with Gasteiger partial charge in [0.1, 0.15) is 5.82 Å². The van der Waals surface area contributed by atoms with Crippen molar-refractivity contribution in [2.24, 2.45) is 16.6 Å². The predicted molar refractivity (Wildman–Crippen MR) is 220 cm³/mol. The van der Waals surface area contributed by atoms with Crippen molar-refractivity contribution in [2.75, 3.05) is 0 Å². The fourth-order valence-electron chi connectivity index (χ4n) is 8.04. The third-order valence-corrected chi connectivity index (χ3v) is 11.9. The predicted octanol–water partition coefficient (Wildman–Crippen LogP) is 10.3. The minimum atomic E-state index is 0.303. The summed E-state index contributed by atoms with van der Waals surface area (Å²) >= 11 is 1.95. The van der Waals surface area contributed by atoms with Crippen molar-refractivity contribution < 1.29 is 0 Å². The molecule has 0 spiro atoms. The lowest BCUT2D eigenvalue weighted by molar-refractivity contribution is 0.875. The number of hydrogen-bond donors (Lipinski definition) is 1. The summed E-state index contributed by atoms with van der Waals surface area (Å²) in [4.78, 5) is 6.32. The molecule has 2 N–H and O–H groups in total. The standard InChI is InChI=1S/C47H39N3S/c1-31(49-28-27-43(48)34-23-21-33(22-24-34)36-14-9-13-35(29-36)32-11-3-2-4-12-32)50-44-19-7-5-15-39(44)40-26-25-37(30-45(40)50)38-17-10-18-42-41-16-6-8-20-46(41)51-47(38)42/h2-9,11-17,19-21,23,26-30,37H,1,10,18,22,24-25,48H2/b43-27-,49-28-. The van der Waals surface area contributed by atoms with Gasteiger partial charge in [0, 0.05) is 38.0 Å². The lowest BCUT2D eigenvalue weighted by Gasteiger charge is -2.22. The number of nitrogens with two attached hydrogens (primary N) is 1. The SMILES string of the molecule is C=C(/N=C\C=C(/N)C1=CC=C(c2cccc(-c3ccccc3)c2)CC1)n1c2c(c3ccccc31)=CCC(C1=CCCc3c1sc1ccccc31)C=2. The molecule has 3 aliphatic rings. The average Bonchev–Trinajstić information content (AvgIpc) is 3.74. The highest BCUT2D eigenvalue weighted by Crippen LogP contribution is 2.43. The van der Waals surface area contributed by atoms with Crippen molar-refractivity contribution in [3.63, 3.8) is 0 Å². The zero-order chi connectivity index (χ0) is 34.3. The van der Waals surface area contributed by atoms with E-state index >= 15 is 0 Å². The van der Waals surface area contributed by atoms with E-state index in [4.69, 9.17) is 10.7 Å². The van der Waals surface area contributed by atoms with Gasteiger partial charge in [-0.05, 0) is 101 Å². The van der Waals surface area contributed by atoms with Crippen LogP contribution in [-0.4, -0.2) is 10.8 Å². The number of hydrogen-bond acceptors (Lipinski definition) is 3. The number of thiophene rings is 1. The maximum Gasteiger partial charge on any atom is 0.130 e. The molecule has 6 aromatic rings. The summed E-state index contributed by atoms with van der Waals surface area (Å²) in [5, 5.41) is 5.09. The Balaban J connectivity index is 0.990. The van der Waals surface area contributed by atoms with Crippen molar-refractivity contribution in [1.29, 1.82) is 0 Å². The Bertz CT molecular complexity index is 2640. The van der Waals surface area contributed by atoms with Gasteiger partial charge in [0.2, 0.25) is 0 Å². The summed E-state index contributed by atoms with van der Waals surface area (Å²) in [7, 11) is 0. The van der Waals surface area contributed by atoms with Crippen LogP contribution in [0.3, 0.4) is 0 Å². The molecule has 1 unspecified atom stereocenters. The van der Waals surface area contributed by atoms with Crippen LogP contribution in [0, 0.1) is 5.92 Å². The van der Waals surface area contributed by atoms with Crippen molar-refractivity contribution >= 4 is 67.7 Å². The first-order chi connectivity index (χ1) is 25.1. The first-order valence-electron chi connectivity index (χ1n) is 17.9. The van der Waals surface area contributed by atoms with E-state index in [9.17, 15) is 0 Å². The van der Waals surface area contributed by atoms with Crippen LogP contribution < -0.4 is 16.3 Å². The molecule has 0 saturated carbocycles. The molecule has 4 aromatic carbocycles. The van der Waals surface area contributed by atoms with Gasteiger partial charge in [-0.3, -0.25) is 4.57 Å². The van der Waals surface area contributed by atoms with E-state index in [0.717, 1.165) is 48.9 Å². The second-order valence-electron chi connectivity index (χ2n) is 13.6. The van der Waals surface area contributed by atoms with Gasteiger partial charge in [-0.15, -0.1) is 11.3 Å². The van der Waals surface area contributed by atoms with E-state index in [0.29, 0.717) is 11.7 Å². The van der Waals surface area contributed by atoms with E-state index in [-0.39, 0.29) is 0 Å². The molecule has 0 aliphatic heterocycles. The molecule has 9 rings (SSSR count). The highest BCUT2D eigenvalue weighted by molar-refractivity contribution is 7.20. The largest absolute Gasteiger partial charge is 0.398 e. The molecule has 0 radical (unpaired) electrons. The van der Waals surface area contributed by atoms with Gasteiger partial charge in [-0.1, -0.05) is 122 Å². The summed E-state index contributed by atoms with van der Waals surface area (Å²) in [6, 6.07) is 36.8. The molecule has 51 heavy (non-hydrogen) atoms. The van der Waals surface area contributed by atoms with Crippen LogP contribution in [0.4, 0.5) is 0 Å². The fourth-order valence-corrected chi connectivity index (χ4v) is 9.40. The minimum Gasteiger partial charge on any atom is -0.398 e. The van der Waals surface area contributed by atoms with Crippen LogP contribution >= 0.6 is 11.3 Å². The summed E-state index contributed by atoms with van der Waals surface area (Å²) in [6.07, 6.45) is 20.5. The highest BCUT2D eigenvalue weighted by Gasteiger charge is 2.25. The number of aromatic nitrogens is 1. The number of rotatable bonds is 7. The molecule has 0 fully saturated rings. The molecule has 0 saturated heterocycles. The van der Waals surface area contributed by atoms with Crippen LogP contribution in [0.2, 0.25) is 0 Å². The van der Waals surface area contributed by atoms with E-state index in [1.807, 2.05) is 17.4 Å². The molecule has 248 valence electrons. The van der Waals surface area contributed by atoms with Crippen LogP contribution in [0.1, 0.15) is 41.7 Å². The van der Waals surface area contributed by atoms with E-state index in [2.05, 4.69) is 145 Å². The number of benzene rings is 4. The van der Waals surface area contributed by atoms with Crippen molar-refractivity contribution in [2.45, 2.75) is 32.1 Å². The van der Waals surface area contributed by atoms with Gasteiger partial charge in [-0.2, -0.15) is 0 Å². The first kappa shape index (κ1) is 31.3. The maximum atomic E-state index is 6.63. The van der Waals surface area contributed by atoms with Gasteiger partial charge in [0.15, 0.2) is 0 Å². The third kappa shape index (κ3) is 5.76. The number of allylic oxidation sites excluding steroid dienone is 7. The van der Waals surface area contributed by atoms with Crippen molar-refractivity contribution in [3.05, 3.63) is 172 Å². The molecule has 4 heteroatoms. The lowest BCUT2D eigenvalue weighted by atomic mass is 9.84. The maximum absolute atomic E-state index is 6.63. The summed E-state index contributed by atoms with van der Waals surface area (Å²) < 4.78 is 3.61. The van der Waals surface area contributed by atoms with Crippen LogP contribution in [0.5, 0.6) is 0 Å². The number of aryl methyl sites for hydroxylation is 1. The number of nitrogens with zero attached hydrogens (tertiary/aromatic N) is 2. The molecule has 0 bridgehead atoms. The zero-order valence-corrected chi connectivity index (χ0v) is 29.4. The highest BCUT2D eigenvalue weighted by atomic mass is 32.1. The Hall–Kier alpha value is -5.71. The third-order valence-electron chi connectivity index (χ3n) is 10.6. The van der Waals surface area contributed by atoms with Crippen LogP contribution in [-0.2, 0) is 6.42 Å². The Morgan fingerprint density at radius 3 is 2.45 bits per heavy atom. The summed E-state index contributed by atoms with van der Waals surface area (Å²) in [5.74, 6) is 0.983. The minimum absolute atomic E-state index is 0.303. The Kier molecular flexibility index (Phi) is 8.10. The van der Waals surface area contributed by atoms with E-state index < -0.39 is 0 Å². The molecule has 0 amide bonds. The molecule has 2 heterocycles. The zero-order valence-electron chi connectivity index (χ0n) is 28.6. The van der Waals surface area contributed by atoms with E-state index in [1.54, 1.807) is 6.21 Å². The van der Waals surface area contributed by atoms with Crippen LogP contribution in [0.25, 0.3) is 61.2 Å². The van der Waals surface area contributed by atoms with Gasteiger partial charge < -0.3 is 5.73 Å². The Morgan fingerprint density at radius 1 is 0.804 bits per heavy atom.